The molecule has 0 saturated heterocycles. The van der Waals surface area contributed by atoms with Gasteiger partial charge in [0.25, 0.3) is 5.91 Å². The summed E-state index contributed by atoms with van der Waals surface area (Å²) in [6.45, 7) is -0.208. The maximum Gasteiger partial charge on any atom is 0.638 e. The summed E-state index contributed by atoms with van der Waals surface area (Å²) < 4.78 is 7.72. The number of aromatic nitrogens is 2. The number of aromatic hydroxyl groups is 2. The second-order valence-electron chi connectivity index (χ2n) is 6.94. The Bertz CT molecular complexity index is 1330. The molecule has 0 fully saturated rings. The number of carbonyl (C=O) groups is 1. The molecule has 32 heavy (non-hydrogen) atoms. The molecule has 0 atom stereocenters. The first-order chi connectivity index (χ1) is 15.4. The van der Waals surface area contributed by atoms with Gasteiger partial charge in [-0.3, -0.25) is 4.79 Å². The highest BCUT2D eigenvalue weighted by atomic mass is 35.5. The number of hydrogen-bond acceptors (Lipinski definition) is 4. The number of benzene rings is 3. The molecule has 1 amide bonds. The second kappa shape index (κ2) is 8.90. The fraction of sp³-hybridized carbons (Fsp3) is 0.0870. The van der Waals surface area contributed by atoms with Crippen LogP contribution in [0, 0.1) is 0 Å². The number of nitrogens with zero attached hydrogens (tertiary/aromatic N) is 2. The highest BCUT2D eigenvalue weighted by Crippen LogP contribution is 2.27. The van der Waals surface area contributed by atoms with Crippen LogP contribution in [0.1, 0.15) is 0 Å². The molecule has 3 aromatic carbocycles. The molecule has 1 heterocycles. The minimum atomic E-state index is -0.369. The first kappa shape index (κ1) is 21.7. The first-order valence-electron chi connectivity index (χ1n) is 9.57. The van der Waals surface area contributed by atoms with E-state index in [9.17, 15) is 15.0 Å². The molecular weight excluding hydrogens is 453 g/mol. The zero-order chi connectivity index (χ0) is 22.8. The zero-order valence-corrected chi connectivity index (χ0v) is 18.4. The van der Waals surface area contributed by atoms with Crippen LogP contribution in [0.25, 0.3) is 16.6 Å². The normalized spacial score (nSPS) is 10.8. The molecule has 162 valence electrons. The van der Waals surface area contributed by atoms with E-state index in [1.807, 2.05) is 0 Å². The summed E-state index contributed by atoms with van der Waals surface area (Å²) >= 11 is 12.1. The molecule has 0 bridgehead atoms. The quantitative estimate of drug-likeness (QED) is 0.386. The number of methoxy groups -OCH3 is 1. The third kappa shape index (κ3) is 4.12. The lowest BCUT2D eigenvalue weighted by molar-refractivity contribution is -0.774. The lowest BCUT2D eigenvalue weighted by atomic mass is 10.2. The van der Waals surface area contributed by atoms with Gasteiger partial charge in [0.1, 0.15) is 5.75 Å². The Balaban J connectivity index is 1.77. The molecule has 9 heteroatoms. The number of anilines is 1. The van der Waals surface area contributed by atoms with Gasteiger partial charge >= 0.3 is 11.9 Å². The Kier molecular flexibility index (Phi) is 6.03. The largest absolute Gasteiger partial charge is 0.638 e. The molecule has 7 nitrogen and oxygen atoms in total. The van der Waals surface area contributed by atoms with Gasteiger partial charge in [0.2, 0.25) is 17.7 Å². The zero-order valence-electron chi connectivity index (χ0n) is 16.9. The van der Waals surface area contributed by atoms with E-state index in [0.717, 1.165) is 0 Å². The molecule has 4 aromatic rings. The van der Waals surface area contributed by atoms with Crippen molar-refractivity contribution in [2.75, 3.05) is 12.4 Å². The summed E-state index contributed by atoms with van der Waals surface area (Å²) in [4.78, 5) is 12.8. The van der Waals surface area contributed by atoms with Gasteiger partial charge in [0.15, 0.2) is 5.39 Å². The number of carbonyl (C=O) groups excluding carboxylic acids is 1. The Morgan fingerprint density at radius 2 is 1.72 bits per heavy atom. The van der Waals surface area contributed by atoms with Gasteiger partial charge in [0, 0.05) is 23.9 Å². The SMILES string of the molecule is COc1ccc(NC(=O)C[n+]2c(O)[n+](-c3ccc(Cl)c(Cl)c3)c(O)c3ccccc32)cc1. The molecular formula is C23H19Cl2N3O4+2. The first-order valence-corrected chi connectivity index (χ1v) is 10.3. The summed E-state index contributed by atoms with van der Waals surface area (Å²) in [7, 11) is 1.56. The standard InChI is InChI=1S/C23H17Cl2N3O4/c1-32-16-9-6-14(7-10-16)26-21(29)13-27-20-5-3-2-4-17(20)22(30)28(23(27)31)15-8-11-18(24)19(25)12-15/h2-12H,13H2,1H3,(H,26,29)/p+2. The molecule has 0 saturated carbocycles. The minimum Gasteiger partial charge on any atom is -0.497 e. The van der Waals surface area contributed by atoms with Gasteiger partial charge in [-0.25, -0.2) is 0 Å². The fourth-order valence-corrected chi connectivity index (χ4v) is 3.67. The van der Waals surface area contributed by atoms with E-state index in [4.69, 9.17) is 27.9 Å². The van der Waals surface area contributed by atoms with Gasteiger partial charge in [-0.05, 0) is 41.0 Å². The van der Waals surface area contributed by atoms with Crippen LogP contribution < -0.4 is 19.2 Å². The Hall–Kier alpha value is -3.55. The van der Waals surface area contributed by atoms with E-state index in [1.54, 1.807) is 67.8 Å². The van der Waals surface area contributed by atoms with E-state index in [0.29, 0.717) is 33.0 Å². The lowest BCUT2D eigenvalue weighted by Crippen LogP contribution is -2.49. The third-order valence-electron chi connectivity index (χ3n) is 4.93. The van der Waals surface area contributed by atoms with Crippen molar-refractivity contribution >= 4 is 45.7 Å². The van der Waals surface area contributed by atoms with Crippen LogP contribution in [0.2, 0.25) is 10.0 Å². The molecule has 0 radical (unpaired) electrons. The molecule has 0 spiro atoms. The van der Waals surface area contributed by atoms with E-state index in [1.165, 1.54) is 15.2 Å². The van der Waals surface area contributed by atoms with E-state index >= 15 is 0 Å². The summed E-state index contributed by atoms with van der Waals surface area (Å²) in [5.41, 5.74) is 1.43. The lowest BCUT2D eigenvalue weighted by Gasteiger charge is -2.07. The van der Waals surface area contributed by atoms with Crippen molar-refractivity contribution in [3.05, 3.63) is 76.8 Å². The van der Waals surface area contributed by atoms with Crippen LogP contribution in [0.4, 0.5) is 5.69 Å². The number of hydrogen-bond donors (Lipinski definition) is 3. The van der Waals surface area contributed by atoms with Gasteiger partial charge in [-0.1, -0.05) is 39.9 Å². The van der Waals surface area contributed by atoms with Gasteiger partial charge in [0.05, 0.1) is 17.2 Å². The topological polar surface area (TPSA) is 86.5 Å². The van der Waals surface area contributed by atoms with Crippen molar-refractivity contribution in [3.63, 3.8) is 0 Å². The van der Waals surface area contributed by atoms with Crippen LogP contribution in [0.15, 0.2) is 66.7 Å². The Morgan fingerprint density at radius 3 is 2.41 bits per heavy atom. The fourth-order valence-electron chi connectivity index (χ4n) is 3.38. The van der Waals surface area contributed by atoms with Gasteiger partial charge in [-0.2, -0.15) is 0 Å². The van der Waals surface area contributed by atoms with Crippen molar-refractivity contribution in [2.45, 2.75) is 6.54 Å². The highest BCUT2D eigenvalue weighted by Gasteiger charge is 2.36. The van der Waals surface area contributed by atoms with Crippen molar-refractivity contribution in [1.29, 1.82) is 0 Å². The number of amides is 1. The maximum atomic E-state index is 12.8. The van der Waals surface area contributed by atoms with Crippen molar-refractivity contribution in [2.24, 2.45) is 0 Å². The van der Waals surface area contributed by atoms with Crippen molar-refractivity contribution < 1.29 is 28.9 Å². The molecule has 0 aliphatic carbocycles. The molecule has 0 aliphatic heterocycles. The van der Waals surface area contributed by atoms with Crippen LogP contribution >= 0.6 is 23.2 Å². The summed E-state index contributed by atoms with van der Waals surface area (Å²) in [6.07, 6.45) is 0. The second-order valence-corrected chi connectivity index (χ2v) is 7.75. The molecule has 3 N–H and O–H groups in total. The number of fused-ring (bicyclic) bond motifs is 1. The number of nitrogens with one attached hydrogen (secondary N) is 1. The van der Waals surface area contributed by atoms with E-state index < -0.39 is 0 Å². The van der Waals surface area contributed by atoms with Crippen LogP contribution in [-0.4, -0.2) is 23.2 Å². The predicted molar refractivity (Wildman–Crippen MR) is 121 cm³/mol. The monoisotopic (exact) mass is 471 g/mol. The van der Waals surface area contributed by atoms with Crippen LogP contribution in [0.5, 0.6) is 17.6 Å². The Morgan fingerprint density at radius 1 is 1.00 bits per heavy atom. The van der Waals surface area contributed by atoms with E-state index in [2.05, 4.69) is 5.32 Å². The van der Waals surface area contributed by atoms with E-state index in [-0.39, 0.29) is 29.4 Å². The van der Waals surface area contributed by atoms with Crippen molar-refractivity contribution in [3.8, 4) is 23.3 Å². The third-order valence-corrected chi connectivity index (χ3v) is 5.66. The molecule has 0 aliphatic rings. The summed E-state index contributed by atoms with van der Waals surface area (Å²) in [5.74, 6) is 0.0949. The number of para-hydroxylation sites is 1. The summed E-state index contributed by atoms with van der Waals surface area (Å²) in [6, 6.07) is 18.1. The summed E-state index contributed by atoms with van der Waals surface area (Å²) in [5, 5.41) is 25.8. The maximum absolute atomic E-state index is 12.8. The minimum absolute atomic E-state index is 0.205. The van der Waals surface area contributed by atoms with Gasteiger partial charge in [-0.15, -0.1) is 0 Å². The molecule has 1 aromatic heterocycles. The highest BCUT2D eigenvalue weighted by molar-refractivity contribution is 6.42. The molecule has 0 unspecified atom stereocenters. The van der Waals surface area contributed by atoms with Crippen molar-refractivity contribution in [1.82, 2.24) is 0 Å². The smallest absolute Gasteiger partial charge is 0.497 e. The van der Waals surface area contributed by atoms with Gasteiger partial charge < -0.3 is 20.3 Å². The predicted octanol–water partition coefficient (Wildman–Crippen LogP) is 3.77. The Labute approximate surface area is 193 Å². The van der Waals surface area contributed by atoms with Crippen LogP contribution in [0.3, 0.4) is 0 Å². The van der Waals surface area contributed by atoms with Crippen LogP contribution in [-0.2, 0) is 11.3 Å². The molecule has 4 rings (SSSR count). The average Bonchev–Trinajstić information content (AvgIpc) is 2.79. The number of rotatable bonds is 5. The number of ether oxygens (including phenoxy) is 1. The number of halogens is 2. The average molecular weight is 472 g/mol.